The lowest BCUT2D eigenvalue weighted by atomic mass is 10.2. The molecule has 1 atom stereocenters. The predicted molar refractivity (Wildman–Crippen MR) is 44.5 cm³/mol. The molecule has 0 aliphatic carbocycles. The standard InChI is InChI=1S/C7H13N3O2/c1-4-6(9-10-8)7(11)12-5(2)3/h5-6H,4H2,1-3H3. The molecule has 5 nitrogen and oxygen atoms in total. The topological polar surface area (TPSA) is 75.1 Å². The van der Waals surface area contributed by atoms with E-state index < -0.39 is 12.0 Å². The summed E-state index contributed by atoms with van der Waals surface area (Å²) in [7, 11) is 0. The van der Waals surface area contributed by atoms with Crippen LogP contribution < -0.4 is 0 Å². The molecule has 0 radical (unpaired) electrons. The first-order valence-electron chi connectivity index (χ1n) is 3.86. The fraction of sp³-hybridized carbons (Fsp3) is 0.857. The SMILES string of the molecule is CCC(N=[N+]=[N-])C(=O)OC(C)C. The maximum absolute atomic E-state index is 11.1. The average Bonchev–Trinajstić information content (AvgIpc) is 1.98. The third-order valence-electron chi connectivity index (χ3n) is 1.20. The molecule has 0 fully saturated rings. The van der Waals surface area contributed by atoms with Crippen molar-refractivity contribution in [2.75, 3.05) is 0 Å². The van der Waals surface area contributed by atoms with Crippen molar-refractivity contribution in [1.29, 1.82) is 0 Å². The van der Waals surface area contributed by atoms with Gasteiger partial charge in [0.25, 0.3) is 0 Å². The van der Waals surface area contributed by atoms with Crippen LogP contribution in [-0.2, 0) is 9.53 Å². The number of azide groups is 1. The molecule has 5 heteroatoms. The highest BCUT2D eigenvalue weighted by Gasteiger charge is 2.16. The Balaban J connectivity index is 4.12. The van der Waals surface area contributed by atoms with Gasteiger partial charge in [0.2, 0.25) is 0 Å². The summed E-state index contributed by atoms with van der Waals surface area (Å²) >= 11 is 0. The lowest BCUT2D eigenvalue weighted by Gasteiger charge is -2.11. The van der Waals surface area contributed by atoms with Crippen LogP contribution in [0.25, 0.3) is 10.4 Å². The second kappa shape index (κ2) is 5.43. The lowest BCUT2D eigenvalue weighted by molar-refractivity contribution is -0.148. The summed E-state index contributed by atoms with van der Waals surface area (Å²) in [6, 6.07) is -0.683. The predicted octanol–water partition coefficient (Wildman–Crippen LogP) is 2.03. The second-order valence-electron chi connectivity index (χ2n) is 2.61. The summed E-state index contributed by atoms with van der Waals surface area (Å²) in [5, 5.41) is 3.30. The Morgan fingerprint density at radius 3 is 2.58 bits per heavy atom. The van der Waals surface area contributed by atoms with Crippen molar-refractivity contribution in [1.82, 2.24) is 0 Å². The number of rotatable bonds is 4. The number of carbonyl (C=O) groups excluding carboxylic acids is 1. The fourth-order valence-corrected chi connectivity index (χ4v) is 0.669. The van der Waals surface area contributed by atoms with E-state index in [1.165, 1.54) is 0 Å². The molecule has 68 valence electrons. The molecule has 0 saturated heterocycles. The maximum atomic E-state index is 11.1. The van der Waals surface area contributed by atoms with Crippen molar-refractivity contribution >= 4 is 5.97 Å². The Labute approximate surface area is 71.3 Å². The van der Waals surface area contributed by atoms with Gasteiger partial charge >= 0.3 is 5.97 Å². The van der Waals surface area contributed by atoms with Crippen LogP contribution in [0.2, 0.25) is 0 Å². The third-order valence-corrected chi connectivity index (χ3v) is 1.20. The number of nitrogens with zero attached hydrogens (tertiary/aromatic N) is 3. The minimum absolute atomic E-state index is 0.166. The molecule has 0 N–H and O–H groups in total. The largest absolute Gasteiger partial charge is 0.463 e. The van der Waals surface area contributed by atoms with Gasteiger partial charge in [0.05, 0.1) is 6.10 Å². The third kappa shape index (κ3) is 3.83. The zero-order valence-electron chi connectivity index (χ0n) is 7.52. The first-order chi connectivity index (χ1) is 5.61. The first-order valence-corrected chi connectivity index (χ1v) is 3.86. The van der Waals surface area contributed by atoms with Crippen LogP contribution in [0.3, 0.4) is 0 Å². The Bertz CT molecular complexity index is 197. The van der Waals surface area contributed by atoms with Gasteiger partial charge in [-0.2, -0.15) is 0 Å². The van der Waals surface area contributed by atoms with Crippen molar-refractivity contribution in [3.8, 4) is 0 Å². The Kier molecular flexibility index (Phi) is 4.88. The number of esters is 1. The van der Waals surface area contributed by atoms with E-state index in [4.69, 9.17) is 10.3 Å². The van der Waals surface area contributed by atoms with Gasteiger partial charge in [0.1, 0.15) is 6.04 Å². The van der Waals surface area contributed by atoms with E-state index in [9.17, 15) is 4.79 Å². The van der Waals surface area contributed by atoms with Crippen LogP contribution in [0.15, 0.2) is 5.11 Å². The van der Waals surface area contributed by atoms with E-state index in [0.29, 0.717) is 6.42 Å². The van der Waals surface area contributed by atoms with Crippen LogP contribution in [0.4, 0.5) is 0 Å². The number of hydrogen-bond acceptors (Lipinski definition) is 3. The van der Waals surface area contributed by atoms with Gasteiger partial charge < -0.3 is 4.74 Å². The van der Waals surface area contributed by atoms with E-state index in [-0.39, 0.29) is 6.10 Å². The van der Waals surface area contributed by atoms with Gasteiger partial charge in [-0.25, -0.2) is 0 Å². The van der Waals surface area contributed by atoms with Crippen molar-refractivity contribution in [2.24, 2.45) is 5.11 Å². The summed E-state index contributed by atoms with van der Waals surface area (Å²) in [5.74, 6) is -0.453. The maximum Gasteiger partial charge on any atom is 0.315 e. The minimum Gasteiger partial charge on any atom is -0.463 e. The number of hydrogen-bond donors (Lipinski definition) is 0. The molecule has 0 spiro atoms. The highest BCUT2D eigenvalue weighted by Crippen LogP contribution is 2.02. The molecule has 1 unspecified atom stereocenters. The molecule has 0 saturated carbocycles. The highest BCUT2D eigenvalue weighted by atomic mass is 16.5. The molecule has 0 amide bonds. The van der Waals surface area contributed by atoms with Gasteiger partial charge in [0, 0.05) is 4.91 Å². The van der Waals surface area contributed by atoms with Crippen molar-refractivity contribution in [3.05, 3.63) is 10.4 Å². The Morgan fingerprint density at radius 2 is 2.25 bits per heavy atom. The van der Waals surface area contributed by atoms with Crippen LogP contribution in [0.1, 0.15) is 27.2 Å². The molecule has 0 aromatic rings. The molecule has 0 bridgehead atoms. The van der Waals surface area contributed by atoms with Crippen molar-refractivity contribution in [3.63, 3.8) is 0 Å². The first kappa shape index (κ1) is 10.8. The van der Waals surface area contributed by atoms with E-state index in [2.05, 4.69) is 10.0 Å². The lowest BCUT2D eigenvalue weighted by Crippen LogP contribution is -2.23. The normalized spacial score (nSPS) is 12.0. The summed E-state index contributed by atoms with van der Waals surface area (Å²) < 4.78 is 4.85. The van der Waals surface area contributed by atoms with E-state index in [0.717, 1.165) is 0 Å². The zero-order valence-corrected chi connectivity index (χ0v) is 7.52. The minimum atomic E-state index is -0.683. The summed E-state index contributed by atoms with van der Waals surface area (Å²) in [6.45, 7) is 5.27. The van der Waals surface area contributed by atoms with E-state index >= 15 is 0 Å². The molecule has 0 aliphatic rings. The molecule has 0 aromatic carbocycles. The van der Waals surface area contributed by atoms with Gasteiger partial charge in [0.15, 0.2) is 0 Å². The van der Waals surface area contributed by atoms with Crippen LogP contribution in [-0.4, -0.2) is 18.1 Å². The summed E-state index contributed by atoms with van der Waals surface area (Å²) in [6.07, 6.45) is 0.302. The Morgan fingerprint density at radius 1 is 1.67 bits per heavy atom. The van der Waals surface area contributed by atoms with E-state index in [1.54, 1.807) is 20.8 Å². The second-order valence-corrected chi connectivity index (χ2v) is 2.61. The average molecular weight is 171 g/mol. The highest BCUT2D eigenvalue weighted by molar-refractivity contribution is 5.75. The van der Waals surface area contributed by atoms with Crippen LogP contribution in [0.5, 0.6) is 0 Å². The summed E-state index contributed by atoms with van der Waals surface area (Å²) in [4.78, 5) is 13.6. The zero-order chi connectivity index (χ0) is 9.56. The van der Waals surface area contributed by atoms with Gasteiger partial charge in [-0.05, 0) is 25.8 Å². The monoisotopic (exact) mass is 171 g/mol. The molecule has 0 aromatic heterocycles. The van der Waals surface area contributed by atoms with Gasteiger partial charge in [-0.1, -0.05) is 12.0 Å². The van der Waals surface area contributed by atoms with Gasteiger partial charge in [-0.15, -0.1) is 0 Å². The van der Waals surface area contributed by atoms with Crippen molar-refractivity contribution in [2.45, 2.75) is 39.3 Å². The fourth-order valence-electron chi connectivity index (χ4n) is 0.669. The molecule has 12 heavy (non-hydrogen) atoms. The molecule has 0 heterocycles. The van der Waals surface area contributed by atoms with E-state index in [1.807, 2.05) is 0 Å². The van der Waals surface area contributed by atoms with Crippen molar-refractivity contribution < 1.29 is 9.53 Å². The molecule has 0 aliphatic heterocycles. The number of carbonyl (C=O) groups is 1. The van der Waals surface area contributed by atoms with Gasteiger partial charge in [-0.3, -0.25) is 4.79 Å². The van der Waals surface area contributed by atoms with Crippen LogP contribution >= 0.6 is 0 Å². The summed E-state index contributed by atoms with van der Waals surface area (Å²) in [5.41, 5.74) is 8.10. The Hall–Kier alpha value is -1.22. The smallest absolute Gasteiger partial charge is 0.315 e. The number of ether oxygens (including phenoxy) is 1. The quantitative estimate of drug-likeness (QED) is 0.281. The van der Waals surface area contributed by atoms with Crippen LogP contribution in [0, 0.1) is 0 Å². The molecular weight excluding hydrogens is 158 g/mol. The molecule has 0 rings (SSSR count). The molecular formula is C7H13N3O2.